The highest BCUT2D eigenvalue weighted by atomic mass is 127. The monoisotopic (exact) mass is 489 g/mol. The van der Waals surface area contributed by atoms with Crippen LogP contribution in [0.15, 0.2) is 17.4 Å². The van der Waals surface area contributed by atoms with Crippen molar-refractivity contribution >= 4 is 29.9 Å². The average Bonchev–Trinajstić information content (AvgIpc) is 3.31. The lowest BCUT2D eigenvalue weighted by Gasteiger charge is -2.36. The van der Waals surface area contributed by atoms with E-state index >= 15 is 0 Å². The molecule has 1 saturated heterocycles. The summed E-state index contributed by atoms with van der Waals surface area (Å²) in [7, 11) is 1.95. The van der Waals surface area contributed by atoms with Gasteiger partial charge in [0.25, 0.3) is 0 Å². The maximum atomic E-state index is 5.98. The Labute approximate surface area is 181 Å². The molecule has 3 rings (SSSR count). The van der Waals surface area contributed by atoms with Crippen molar-refractivity contribution in [1.29, 1.82) is 0 Å². The summed E-state index contributed by atoms with van der Waals surface area (Å²) in [5, 5.41) is 7.78. The van der Waals surface area contributed by atoms with Crippen LogP contribution in [0.1, 0.15) is 58.1 Å². The molecule has 154 valence electrons. The zero-order valence-corrected chi connectivity index (χ0v) is 19.6. The number of nitrogens with one attached hydrogen (secondary N) is 1. The molecule has 1 unspecified atom stereocenters. The number of guanidine groups is 1. The number of aliphatic imine (C=N–C) groups is 1. The quantitative estimate of drug-likeness (QED) is 0.390. The fraction of sp³-hybridized carbons (Fsp3) is 0.800. The van der Waals surface area contributed by atoms with E-state index < -0.39 is 0 Å². The van der Waals surface area contributed by atoms with E-state index in [0.29, 0.717) is 0 Å². The second-order valence-corrected chi connectivity index (χ2v) is 8.39. The van der Waals surface area contributed by atoms with Gasteiger partial charge in [-0.2, -0.15) is 5.10 Å². The van der Waals surface area contributed by atoms with E-state index in [1.54, 1.807) is 0 Å². The van der Waals surface area contributed by atoms with Gasteiger partial charge in [0.1, 0.15) is 6.10 Å². The summed E-state index contributed by atoms with van der Waals surface area (Å²) in [6.07, 6.45) is 9.49. The SMILES string of the molecule is CCNC(=NCC(C)(C)C1CCCC1)N1CCOC(c2cnn(C)c2)C1.I. The van der Waals surface area contributed by atoms with Crippen molar-refractivity contribution < 1.29 is 4.74 Å². The molecule has 1 aliphatic carbocycles. The smallest absolute Gasteiger partial charge is 0.194 e. The molecule has 1 saturated carbocycles. The van der Waals surface area contributed by atoms with Gasteiger partial charge in [-0.25, -0.2) is 0 Å². The van der Waals surface area contributed by atoms with Gasteiger partial charge in [0.05, 0.1) is 19.3 Å². The van der Waals surface area contributed by atoms with Crippen molar-refractivity contribution in [3.8, 4) is 0 Å². The third kappa shape index (κ3) is 5.82. The Hall–Kier alpha value is -0.830. The topological polar surface area (TPSA) is 54.7 Å². The van der Waals surface area contributed by atoms with E-state index in [-0.39, 0.29) is 35.5 Å². The third-order valence-electron chi connectivity index (χ3n) is 5.89. The Morgan fingerprint density at radius 1 is 1.37 bits per heavy atom. The number of aromatic nitrogens is 2. The molecule has 2 fully saturated rings. The van der Waals surface area contributed by atoms with E-state index in [4.69, 9.17) is 9.73 Å². The van der Waals surface area contributed by atoms with Crippen LogP contribution in [0.4, 0.5) is 0 Å². The molecule has 0 amide bonds. The number of ether oxygens (including phenoxy) is 1. The van der Waals surface area contributed by atoms with Gasteiger partial charge in [-0.1, -0.05) is 26.7 Å². The van der Waals surface area contributed by atoms with Crippen LogP contribution in [0, 0.1) is 11.3 Å². The Balaban J connectivity index is 0.00000261. The minimum Gasteiger partial charge on any atom is -0.370 e. The van der Waals surface area contributed by atoms with Gasteiger partial charge in [0.2, 0.25) is 0 Å². The number of nitrogens with zero attached hydrogens (tertiary/aromatic N) is 4. The number of rotatable bonds is 5. The minimum atomic E-state index is 0. The van der Waals surface area contributed by atoms with E-state index in [2.05, 4.69) is 36.1 Å². The standard InChI is InChI=1S/C20H35N5O.HI/c1-5-21-19(22-15-20(2,3)17-8-6-7-9-17)25-10-11-26-18(14-25)16-12-23-24(4)13-16;/h12-13,17-18H,5-11,14-15H2,1-4H3,(H,21,22);1H. The second-order valence-electron chi connectivity index (χ2n) is 8.39. The maximum absolute atomic E-state index is 5.98. The zero-order chi connectivity index (χ0) is 18.6. The van der Waals surface area contributed by atoms with Crippen molar-refractivity contribution in [1.82, 2.24) is 20.0 Å². The average molecular weight is 489 g/mol. The Kier molecular flexibility index (Phi) is 8.39. The maximum Gasteiger partial charge on any atom is 0.194 e. The number of aryl methyl sites for hydroxylation is 1. The first kappa shape index (κ1) is 22.5. The Morgan fingerprint density at radius 2 is 2.11 bits per heavy atom. The van der Waals surface area contributed by atoms with Crippen LogP contribution in [-0.4, -0.2) is 53.4 Å². The lowest BCUT2D eigenvalue weighted by Crippen LogP contribution is -2.48. The van der Waals surface area contributed by atoms with Crippen molar-refractivity contribution in [3.05, 3.63) is 18.0 Å². The molecule has 0 radical (unpaired) electrons. The van der Waals surface area contributed by atoms with Crippen LogP contribution in [0.5, 0.6) is 0 Å². The number of halogens is 1. The molecule has 1 atom stereocenters. The van der Waals surface area contributed by atoms with Gasteiger partial charge < -0.3 is 15.0 Å². The van der Waals surface area contributed by atoms with Crippen molar-refractivity contribution in [3.63, 3.8) is 0 Å². The predicted molar refractivity (Wildman–Crippen MR) is 121 cm³/mol. The molecule has 0 aromatic carbocycles. The molecule has 6 nitrogen and oxygen atoms in total. The summed E-state index contributed by atoms with van der Waals surface area (Å²) >= 11 is 0. The predicted octanol–water partition coefficient (Wildman–Crippen LogP) is 3.59. The second kappa shape index (κ2) is 10.1. The van der Waals surface area contributed by atoms with Crippen LogP contribution in [0.3, 0.4) is 0 Å². The molecule has 1 aromatic rings. The van der Waals surface area contributed by atoms with Crippen LogP contribution in [0.25, 0.3) is 0 Å². The Bertz CT molecular complexity index is 609. The van der Waals surface area contributed by atoms with Gasteiger partial charge >= 0.3 is 0 Å². The van der Waals surface area contributed by atoms with Crippen LogP contribution < -0.4 is 5.32 Å². The van der Waals surface area contributed by atoms with E-state index in [9.17, 15) is 0 Å². The molecule has 1 aromatic heterocycles. The summed E-state index contributed by atoms with van der Waals surface area (Å²) < 4.78 is 7.82. The Morgan fingerprint density at radius 3 is 2.74 bits per heavy atom. The van der Waals surface area contributed by atoms with Crippen LogP contribution in [-0.2, 0) is 11.8 Å². The molecule has 1 aliphatic heterocycles. The first-order valence-corrected chi connectivity index (χ1v) is 10.1. The number of morpholine rings is 1. The number of hydrogen-bond donors (Lipinski definition) is 1. The highest BCUT2D eigenvalue weighted by Crippen LogP contribution is 2.39. The normalized spacial score (nSPS) is 22.0. The van der Waals surface area contributed by atoms with Gasteiger partial charge in [-0.15, -0.1) is 24.0 Å². The molecule has 7 heteroatoms. The van der Waals surface area contributed by atoms with E-state index in [0.717, 1.165) is 50.2 Å². The molecule has 2 heterocycles. The molecule has 0 spiro atoms. The summed E-state index contributed by atoms with van der Waals surface area (Å²) in [6, 6.07) is 0. The van der Waals surface area contributed by atoms with Crippen molar-refractivity contribution in [2.75, 3.05) is 32.8 Å². The van der Waals surface area contributed by atoms with Gasteiger partial charge in [0, 0.05) is 38.4 Å². The lowest BCUT2D eigenvalue weighted by atomic mass is 9.78. The summed E-state index contributed by atoms with van der Waals surface area (Å²) in [5.41, 5.74) is 1.41. The fourth-order valence-electron chi connectivity index (χ4n) is 4.19. The van der Waals surface area contributed by atoms with Crippen LogP contribution >= 0.6 is 24.0 Å². The van der Waals surface area contributed by atoms with Crippen molar-refractivity contribution in [2.24, 2.45) is 23.4 Å². The summed E-state index contributed by atoms with van der Waals surface area (Å²) in [4.78, 5) is 7.38. The van der Waals surface area contributed by atoms with Gasteiger partial charge in [-0.05, 0) is 31.1 Å². The molecule has 0 bridgehead atoms. The van der Waals surface area contributed by atoms with Crippen molar-refractivity contribution in [2.45, 2.75) is 52.6 Å². The fourth-order valence-corrected chi connectivity index (χ4v) is 4.19. The van der Waals surface area contributed by atoms with E-state index in [1.807, 2.05) is 24.1 Å². The molecular formula is C20H36IN5O. The first-order chi connectivity index (χ1) is 12.5. The molecule has 2 aliphatic rings. The molecule has 27 heavy (non-hydrogen) atoms. The first-order valence-electron chi connectivity index (χ1n) is 10.1. The van der Waals surface area contributed by atoms with Crippen LogP contribution in [0.2, 0.25) is 0 Å². The minimum absolute atomic E-state index is 0. The highest BCUT2D eigenvalue weighted by Gasteiger charge is 2.32. The zero-order valence-electron chi connectivity index (χ0n) is 17.3. The summed E-state index contributed by atoms with van der Waals surface area (Å²) in [6.45, 7) is 11.1. The number of hydrogen-bond acceptors (Lipinski definition) is 3. The van der Waals surface area contributed by atoms with Gasteiger partial charge in [0.15, 0.2) is 5.96 Å². The lowest BCUT2D eigenvalue weighted by molar-refractivity contribution is -0.00812. The summed E-state index contributed by atoms with van der Waals surface area (Å²) in [5.74, 6) is 1.83. The largest absolute Gasteiger partial charge is 0.370 e. The molecular weight excluding hydrogens is 453 g/mol. The van der Waals surface area contributed by atoms with Gasteiger partial charge in [-0.3, -0.25) is 9.67 Å². The highest BCUT2D eigenvalue weighted by molar-refractivity contribution is 14.0. The third-order valence-corrected chi connectivity index (χ3v) is 5.89. The molecule has 1 N–H and O–H groups in total. The van der Waals surface area contributed by atoms with E-state index in [1.165, 1.54) is 25.7 Å².